The highest BCUT2D eigenvalue weighted by atomic mass is 35.5. The molecule has 0 spiro atoms. The second-order valence-electron chi connectivity index (χ2n) is 7.82. The fourth-order valence-electron chi connectivity index (χ4n) is 3.39. The van der Waals surface area contributed by atoms with Gasteiger partial charge >= 0.3 is 0 Å². The Morgan fingerprint density at radius 3 is 2.23 bits per heavy atom. The van der Waals surface area contributed by atoms with Gasteiger partial charge in [0.1, 0.15) is 5.82 Å². The molecular formula is C27H21ClFN3O3. The molecule has 0 aliphatic heterocycles. The van der Waals surface area contributed by atoms with E-state index in [2.05, 4.69) is 10.6 Å². The van der Waals surface area contributed by atoms with Gasteiger partial charge in [0.05, 0.1) is 12.1 Å². The number of pyridine rings is 1. The highest BCUT2D eigenvalue weighted by Crippen LogP contribution is 2.16. The quantitative estimate of drug-likeness (QED) is 0.388. The van der Waals surface area contributed by atoms with Crippen molar-refractivity contribution in [3.8, 4) is 0 Å². The lowest BCUT2D eigenvalue weighted by Crippen LogP contribution is -2.23. The van der Waals surface area contributed by atoms with Crippen LogP contribution < -0.4 is 16.2 Å². The van der Waals surface area contributed by atoms with Crippen LogP contribution in [0.3, 0.4) is 0 Å². The zero-order valence-corrected chi connectivity index (χ0v) is 19.3. The molecule has 0 saturated carbocycles. The number of aromatic nitrogens is 1. The normalized spacial score (nSPS) is 10.6. The average Bonchev–Trinajstić information content (AvgIpc) is 2.86. The molecule has 1 aromatic heterocycles. The molecule has 35 heavy (non-hydrogen) atoms. The van der Waals surface area contributed by atoms with Gasteiger partial charge in [-0.05, 0) is 59.7 Å². The van der Waals surface area contributed by atoms with Gasteiger partial charge in [-0.1, -0.05) is 41.9 Å². The number of benzene rings is 3. The van der Waals surface area contributed by atoms with Crippen molar-refractivity contribution in [3.63, 3.8) is 0 Å². The second kappa shape index (κ2) is 10.8. The van der Waals surface area contributed by atoms with Crippen molar-refractivity contribution in [2.24, 2.45) is 0 Å². The predicted molar refractivity (Wildman–Crippen MR) is 133 cm³/mol. The van der Waals surface area contributed by atoms with Crippen LogP contribution in [0.5, 0.6) is 0 Å². The van der Waals surface area contributed by atoms with Gasteiger partial charge in [-0.2, -0.15) is 0 Å². The first kappa shape index (κ1) is 23.9. The van der Waals surface area contributed by atoms with Gasteiger partial charge in [0, 0.05) is 35.1 Å². The first-order valence-corrected chi connectivity index (χ1v) is 11.1. The first-order chi connectivity index (χ1) is 16.9. The van der Waals surface area contributed by atoms with Crippen LogP contribution in [0.1, 0.15) is 31.8 Å². The van der Waals surface area contributed by atoms with Gasteiger partial charge in [-0.3, -0.25) is 14.4 Å². The number of nitrogens with one attached hydrogen (secondary N) is 2. The smallest absolute Gasteiger partial charge is 0.257 e. The maximum Gasteiger partial charge on any atom is 0.257 e. The molecule has 0 bridgehead atoms. The molecule has 0 aliphatic rings. The Balaban J connectivity index is 1.39. The van der Waals surface area contributed by atoms with Crippen LogP contribution in [0.4, 0.5) is 10.1 Å². The molecule has 2 N–H and O–H groups in total. The molecule has 4 rings (SSSR count). The minimum Gasteiger partial charge on any atom is -0.348 e. The number of carbonyl (C=O) groups is 2. The van der Waals surface area contributed by atoms with E-state index in [1.807, 2.05) is 12.1 Å². The number of carbonyl (C=O) groups excluding carboxylic acids is 2. The lowest BCUT2D eigenvalue weighted by molar-refractivity contribution is 0.0950. The van der Waals surface area contributed by atoms with Crippen molar-refractivity contribution < 1.29 is 14.0 Å². The van der Waals surface area contributed by atoms with Crippen LogP contribution in [0.15, 0.2) is 95.9 Å². The van der Waals surface area contributed by atoms with E-state index in [0.29, 0.717) is 21.8 Å². The van der Waals surface area contributed by atoms with E-state index >= 15 is 0 Å². The second-order valence-corrected chi connectivity index (χ2v) is 8.22. The SMILES string of the molecule is O=C(NCc1ccc(F)cc1)c1ccc(NC(=O)c2ccc(=O)n(Cc3ccccc3Cl)c2)cc1. The summed E-state index contributed by atoms with van der Waals surface area (Å²) in [6.07, 6.45) is 1.48. The summed E-state index contributed by atoms with van der Waals surface area (Å²) in [6.45, 7) is 0.503. The third-order valence-corrected chi connectivity index (χ3v) is 5.68. The summed E-state index contributed by atoms with van der Waals surface area (Å²) in [5, 5.41) is 6.07. The lowest BCUT2D eigenvalue weighted by atomic mass is 10.1. The van der Waals surface area contributed by atoms with Crippen LogP contribution in [-0.4, -0.2) is 16.4 Å². The van der Waals surface area contributed by atoms with E-state index in [-0.39, 0.29) is 30.4 Å². The van der Waals surface area contributed by atoms with E-state index in [0.717, 1.165) is 11.1 Å². The van der Waals surface area contributed by atoms with Gasteiger partial charge < -0.3 is 15.2 Å². The van der Waals surface area contributed by atoms with E-state index in [1.165, 1.54) is 35.0 Å². The van der Waals surface area contributed by atoms with E-state index < -0.39 is 5.91 Å². The van der Waals surface area contributed by atoms with Crippen LogP contribution >= 0.6 is 11.6 Å². The highest BCUT2D eigenvalue weighted by Gasteiger charge is 2.11. The molecule has 1 heterocycles. The number of amides is 2. The van der Waals surface area contributed by atoms with E-state index in [4.69, 9.17) is 11.6 Å². The highest BCUT2D eigenvalue weighted by molar-refractivity contribution is 6.31. The molecule has 2 amide bonds. The Kier molecular flexibility index (Phi) is 7.38. The molecule has 0 atom stereocenters. The maximum atomic E-state index is 13.0. The number of nitrogens with zero attached hydrogens (tertiary/aromatic N) is 1. The van der Waals surface area contributed by atoms with Gasteiger partial charge in [-0.15, -0.1) is 0 Å². The number of hydrogen-bond donors (Lipinski definition) is 2. The van der Waals surface area contributed by atoms with E-state index in [1.54, 1.807) is 48.5 Å². The topological polar surface area (TPSA) is 80.2 Å². The van der Waals surface area contributed by atoms with Gasteiger partial charge in [0.2, 0.25) is 0 Å². The minimum absolute atomic E-state index is 0.237. The maximum absolute atomic E-state index is 13.0. The van der Waals surface area contributed by atoms with Gasteiger partial charge in [0.15, 0.2) is 0 Å². The van der Waals surface area contributed by atoms with Crippen molar-refractivity contribution >= 4 is 29.1 Å². The lowest BCUT2D eigenvalue weighted by Gasteiger charge is -2.11. The van der Waals surface area contributed by atoms with E-state index in [9.17, 15) is 18.8 Å². The summed E-state index contributed by atoms with van der Waals surface area (Å²) < 4.78 is 14.4. The molecule has 0 saturated heterocycles. The molecule has 3 aromatic carbocycles. The standard InChI is InChI=1S/C27H21ClFN3O3/c28-24-4-2-1-3-20(24)16-32-17-21(9-14-25(32)33)27(35)31-23-12-7-19(8-13-23)26(34)30-15-18-5-10-22(29)11-6-18/h1-14,17H,15-16H2,(H,30,34)(H,31,35). The largest absolute Gasteiger partial charge is 0.348 e. The van der Waals surface area contributed by atoms with Crippen molar-refractivity contribution in [1.82, 2.24) is 9.88 Å². The van der Waals surface area contributed by atoms with Crippen LogP contribution in [0.25, 0.3) is 0 Å². The zero-order chi connectivity index (χ0) is 24.8. The number of rotatable bonds is 7. The fraction of sp³-hybridized carbons (Fsp3) is 0.0741. The Morgan fingerprint density at radius 2 is 1.51 bits per heavy atom. The third-order valence-electron chi connectivity index (χ3n) is 5.32. The minimum atomic E-state index is -0.397. The average molecular weight is 490 g/mol. The summed E-state index contributed by atoms with van der Waals surface area (Å²) in [6, 6.07) is 22.3. The van der Waals surface area contributed by atoms with Crippen molar-refractivity contribution in [2.75, 3.05) is 5.32 Å². The fourth-order valence-corrected chi connectivity index (χ4v) is 3.59. The van der Waals surface area contributed by atoms with Gasteiger partial charge in [-0.25, -0.2) is 4.39 Å². The Morgan fingerprint density at radius 1 is 0.829 bits per heavy atom. The molecule has 0 unspecified atom stereocenters. The van der Waals surface area contributed by atoms with Crippen molar-refractivity contribution in [3.05, 3.63) is 135 Å². The van der Waals surface area contributed by atoms with Crippen LogP contribution in [-0.2, 0) is 13.1 Å². The molecule has 0 fully saturated rings. The zero-order valence-electron chi connectivity index (χ0n) is 18.5. The van der Waals surface area contributed by atoms with Crippen LogP contribution in [0, 0.1) is 5.82 Å². The number of hydrogen-bond acceptors (Lipinski definition) is 3. The Bertz CT molecular complexity index is 1420. The third kappa shape index (κ3) is 6.22. The summed E-state index contributed by atoms with van der Waals surface area (Å²) in [5.41, 5.74) is 2.50. The summed E-state index contributed by atoms with van der Waals surface area (Å²) >= 11 is 6.19. The molecule has 0 radical (unpaired) electrons. The predicted octanol–water partition coefficient (Wildman–Crippen LogP) is 4.87. The van der Waals surface area contributed by atoms with Crippen molar-refractivity contribution in [1.29, 1.82) is 0 Å². The number of anilines is 1. The molecule has 0 aliphatic carbocycles. The molecule has 4 aromatic rings. The Hall–Kier alpha value is -4.23. The summed E-state index contributed by atoms with van der Waals surface area (Å²) in [4.78, 5) is 37.4. The number of halogens is 2. The van der Waals surface area contributed by atoms with Crippen LogP contribution in [0.2, 0.25) is 5.02 Å². The molecular weight excluding hydrogens is 469 g/mol. The molecule has 176 valence electrons. The monoisotopic (exact) mass is 489 g/mol. The van der Waals surface area contributed by atoms with Gasteiger partial charge in [0.25, 0.3) is 17.4 Å². The van der Waals surface area contributed by atoms with Crippen molar-refractivity contribution in [2.45, 2.75) is 13.1 Å². The summed E-state index contributed by atoms with van der Waals surface area (Å²) in [5.74, 6) is -1.03. The Labute approximate surface area is 206 Å². The molecule has 8 heteroatoms. The first-order valence-electron chi connectivity index (χ1n) is 10.8. The summed E-state index contributed by atoms with van der Waals surface area (Å²) in [7, 11) is 0. The molecule has 6 nitrogen and oxygen atoms in total.